The van der Waals surface area contributed by atoms with Crippen LogP contribution >= 0.6 is 0 Å². The molecule has 4 rings (SSSR count). The highest BCUT2D eigenvalue weighted by Gasteiger charge is 2.33. The molecule has 6 nitrogen and oxygen atoms in total. The topological polar surface area (TPSA) is 81.0 Å². The summed E-state index contributed by atoms with van der Waals surface area (Å²) in [6.45, 7) is 0. The Morgan fingerprint density at radius 2 is 2.00 bits per heavy atom. The van der Waals surface area contributed by atoms with Gasteiger partial charge in [0.25, 0.3) is 12.0 Å². The quantitative estimate of drug-likeness (QED) is 0.731. The third kappa shape index (κ3) is 3.57. The minimum atomic E-state index is -2.84. The van der Waals surface area contributed by atoms with Crippen LogP contribution in [0.25, 0.3) is 11.5 Å². The Hall–Kier alpha value is -3.10. The van der Waals surface area contributed by atoms with Crippen LogP contribution in [0.5, 0.6) is 5.88 Å². The molecule has 0 unspecified atom stereocenters. The summed E-state index contributed by atoms with van der Waals surface area (Å²) in [6.07, 6.45) is 1.11. The molecule has 0 bridgehead atoms. The number of hydrogen-bond donors (Lipinski definition) is 1. The average Bonchev–Trinajstić information content (AvgIpc) is 3.05. The number of rotatable bonds is 5. The van der Waals surface area contributed by atoms with Gasteiger partial charge in [-0.3, -0.25) is 4.79 Å². The fraction of sp³-hybridized carbons (Fsp3) is 0.278. The molecule has 140 valence electrons. The number of H-pyrrole nitrogens is 1. The highest BCUT2D eigenvalue weighted by atomic mass is 19.3. The Labute approximate surface area is 151 Å². The SMILES string of the molecule is O=c1cc(-c2cnc(OC3CC(c4ccc(F)c(C(F)F)c4)C3)cn2)o[nH]1. The fourth-order valence-corrected chi connectivity index (χ4v) is 3.00. The lowest BCUT2D eigenvalue weighted by Gasteiger charge is -2.35. The molecule has 3 aromatic rings. The number of aromatic amines is 1. The molecule has 2 aromatic heterocycles. The van der Waals surface area contributed by atoms with Crippen LogP contribution < -0.4 is 10.3 Å². The second-order valence-electron chi connectivity index (χ2n) is 6.31. The average molecular weight is 377 g/mol. The van der Waals surface area contributed by atoms with Gasteiger partial charge in [0.1, 0.15) is 17.6 Å². The summed E-state index contributed by atoms with van der Waals surface area (Å²) in [6, 6.07) is 5.09. The Balaban J connectivity index is 1.36. The molecule has 1 saturated carbocycles. The highest BCUT2D eigenvalue weighted by molar-refractivity contribution is 5.49. The molecule has 1 aliphatic carbocycles. The number of hydrogen-bond acceptors (Lipinski definition) is 5. The Morgan fingerprint density at radius 3 is 2.63 bits per heavy atom. The van der Waals surface area contributed by atoms with Gasteiger partial charge in [0.15, 0.2) is 5.76 Å². The molecule has 0 amide bonds. The first-order chi connectivity index (χ1) is 13.0. The summed E-state index contributed by atoms with van der Waals surface area (Å²) in [4.78, 5) is 19.3. The van der Waals surface area contributed by atoms with Gasteiger partial charge in [-0.25, -0.2) is 23.1 Å². The van der Waals surface area contributed by atoms with Crippen LogP contribution in [-0.4, -0.2) is 21.2 Å². The number of nitrogens with one attached hydrogen (secondary N) is 1. The van der Waals surface area contributed by atoms with Gasteiger partial charge in [-0.15, -0.1) is 0 Å². The number of benzene rings is 1. The van der Waals surface area contributed by atoms with Crippen molar-refractivity contribution >= 4 is 0 Å². The first-order valence-corrected chi connectivity index (χ1v) is 8.24. The van der Waals surface area contributed by atoms with Gasteiger partial charge in [0.05, 0.1) is 24.0 Å². The number of ether oxygens (including phenoxy) is 1. The monoisotopic (exact) mass is 377 g/mol. The van der Waals surface area contributed by atoms with Crippen LogP contribution in [-0.2, 0) is 0 Å². The summed E-state index contributed by atoms with van der Waals surface area (Å²) >= 11 is 0. The zero-order chi connectivity index (χ0) is 19.0. The molecule has 0 aliphatic heterocycles. The largest absolute Gasteiger partial charge is 0.473 e. The molecule has 0 saturated heterocycles. The van der Waals surface area contributed by atoms with Gasteiger partial charge >= 0.3 is 0 Å². The summed E-state index contributed by atoms with van der Waals surface area (Å²) < 4.78 is 49.6. The lowest BCUT2D eigenvalue weighted by Crippen LogP contribution is -2.32. The summed E-state index contributed by atoms with van der Waals surface area (Å²) in [5.41, 5.74) is 0.117. The van der Waals surface area contributed by atoms with Crippen molar-refractivity contribution in [2.75, 3.05) is 0 Å². The van der Waals surface area contributed by atoms with Crippen molar-refractivity contribution < 1.29 is 22.4 Å². The van der Waals surface area contributed by atoms with Crippen LogP contribution in [0.2, 0.25) is 0 Å². The van der Waals surface area contributed by atoms with Gasteiger partial charge in [-0.2, -0.15) is 5.16 Å². The lowest BCUT2D eigenvalue weighted by atomic mass is 9.77. The lowest BCUT2D eigenvalue weighted by molar-refractivity contribution is 0.0928. The number of aromatic nitrogens is 3. The van der Waals surface area contributed by atoms with E-state index in [2.05, 4.69) is 15.1 Å². The summed E-state index contributed by atoms with van der Waals surface area (Å²) in [7, 11) is 0. The van der Waals surface area contributed by atoms with E-state index in [4.69, 9.17) is 9.26 Å². The van der Waals surface area contributed by atoms with Crippen molar-refractivity contribution in [1.82, 2.24) is 15.1 Å². The molecule has 2 heterocycles. The molecule has 9 heteroatoms. The fourth-order valence-electron chi connectivity index (χ4n) is 3.00. The number of halogens is 3. The van der Waals surface area contributed by atoms with Gasteiger partial charge < -0.3 is 9.26 Å². The van der Waals surface area contributed by atoms with E-state index in [9.17, 15) is 18.0 Å². The maximum absolute atomic E-state index is 13.4. The van der Waals surface area contributed by atoms with E-state index in [1.54, 1.807) is 0 Å². The van der Waals surface area contributed by atoms with E-state index in [-0.39, 0.29) is 23.3 Å². The van der Waals surface area contributed by atoms with Crippen LogP contribution in [0.3, 0.4) is 0 Å². The van der Waals surface area contributed by atoms with E-state index in [0.29, 0.717) is 30.0 Å². The first-order valence-electron chi connectivity index (χ1n) is 8.24. The third-order valence-electron chi connectivity index (χ3n) is 4.51. The van der Waals surface area contributed by atoms with Crippen molar-refractivity contribution in [3.8, 4) is 17.3 Å². The molecule has 1 aliphatic rings. The van der Waals surface area contributed by atoms with Gasteiger partial charge in [-0.1, -0.05) is 6.07 Å². The van der Waals surface area contributed by atoms with Crippen molar-refractivity contribution in [2.45, 2.75) is 31.3 Å². The van der Waals surface area contributed by atoms with Crippen LogP contribution in [0.15, 0.2) is 46.0 Å². The normalized spacial score (nSPS) is 19.1. The Kier molecular flexibility index (Phi) is 4.43. The van der Waals surface area contributed by atoms with E-state index < -0.39 is 17.8 Å². The van der Waals surface area contributed by atoms with Crippen LogP contribution in [0.4, 0.5) is 13.2 Å². The van der Waals surface area contributed by atoms with Crippen molar-refractivity contribution in [3.63, 3.8) is 0 Å². The van der Waals surface area contributed by atoms with Gasteiger partial charge in [-0.05, 0) is 36.5 Å². The standard InChI is InChI=1S/C18H14F3N3O3/c19-13-2-1-9(5-12(13)18(20)21)10-3-11(4-10)26-17-8-22-14(7-23-17)15-6-16(25)24-27-15/h1-2,5-8,10-11,18H,3-4H2,(H,24,25). The highest BCUT2D eigenvalue weighted by Crippen LogP contribution is 2.40. The summed E-state index contributed by atoms with van der Waals surface area (Å²) in [5.74, 6) is -0.273. The minimum Gasteiger partial charge on any atom is -0.473 e. The molecule has 0 radical (unpaired) electrons. The smallest absolute Gasteiger partial charge is 0.280 e. The van der Waals surface area contributed by atoms with Gasteiger partial charge in [0.2, 0.25) is 5.88 Å². The summed E-state index contributed by atoms with van der Waals surface area (Å²) in [5, 5.41) is 2.17. The zero-order valence-electron chi connectivity index (χ0n) is 13.9. The Bertz CT molecular complexity index is 995. The van der Waals surface area contributed by atoms with E-state index >= 15 is 0 Å². The predicted octanol–water partition coefficient (Wildman–Crippen LogP) is 3.83. The maximum atomic E-state index is 13.4. The molecular weight excluding hydrogens is 363 g/mol. The molecule has 1 N–H and O–H groups in total. The van der Waals surface area contributed by atoms with Gasteiger partial charge in [0, 0.05) is 0 Å². The van der Waals surface area contributed by atoms with Crippen molar-refractivity contribution in [3.05, 3.63) is 64.0 Å². The van der Waals surface area contributed by atoms with E-state index in [1.807, 2.05) is 0 Å². The van der Waals surface area contributed by atoms with Crippen molar-refractivity contribution in [2.24, 2.45) is 0 Å². The second kappa shape index (κ2) is 6.90. The molecular formula is C18H14F3N3O3. The molecule has 1 fully saturated rings. The molecule has 0 atom stereocenters. The van der Waals surface area contributed by atoms with E-state index in [0.717, 1.165) is 6.07 Å². The number of nitrogens with zero attached hydrogens (tertiary/aromatic N) is 2. The second-order valence-corrected chi connectivity index (χ2v) is 6.31. The number of alkyl halides is 2. The third-order valence-corrected chi connectivity index (χ3v) is 4.51. The minimum absolute atomic E-state index is 0.0365. The molecule has 0 spiro atoms. The van der Waals surface area contributed by atoms with E-state index in [1.165, 1.54) is 30.6 Å². The Morgan fingerprint density at radius 1 is 1.19 bits per heavy atom. The predicted molar refractivity (Wildman–Crippen MR) is 88.1 cm³/mol. The zero-order valence-corrected chi connectivity index (χ0v) is 13.9. The van der Waals surface area contributed by atoms with Crippen molar-refractivity contribution in [1.29, 1.82) is 0 Å². The molecule has 1 aromatic carbocycles. The first kappa shape index (κ1) is 17.3. The molecule has 27 heavy (non-hydrogen) atoms. The maximum Gasteiger partial charge on any atom is 0.280 e. The van der Waals surface area contributed by atoms with Crippen LogP contribution in [0.1, 0.15) is 36.3 Å². The van der Waals surface area contributed by atoms with Crippen LogP contribution in [0, 0.1) is 5.82 Å².